The van der Waals surface area contributed by atoms with Crippen LogP contribution in [0.3, 0.4) is 0 Å². The lowest BCUT2D eigenvalue weighted by Crippen LogP contribution is -2.43. The number of carbonyl (C=O) groups excluding carboxylic acids is 2. The van der Waals surface area contributed by atoms with Gasteiger partial charge in [0.15, 0.2) is 0 Å². The largest absolute Gasteiger partial charge is 0.350 e. The van der Waals surface area contributed by atoms with E-state index in [-0.39, 0.29) is 17.9 Å². The minimum absolute atomic E-state index is 0.00760. The molecular formula is C16H20ClN5O2. The lowest BCUT2D eigenvalue weighted by atomic mass is 10.2. The predicted molar refractivity (Wildman–Crippen MR) is 90.0 cm³/mol. The van der Waals surface area contributed by atoms with Crippen molar-refractivity contribution in [3.63, 3.8) is 0 Å². The monoisotopic (exact) mass is 349 g/mol. The SMILES string of the molecule is Cn1cc(C(=O)NCC2CCCN2C(=O)c2cc(Cl)cn2C)cn1. The average molecular weight is 350 g/mol. The average Bonchev–Trinajstić information content (AvgIpc) is 3.24. The van der Waals surface area contributed by atoms with Crippen LogP contribution in [0.2, 0.25) is 5.02 Å². The third kappa shape index (κ3) is 3.31. The fraction of sp³-hybridized carbons (Fsp3) is 0.438. The van der Waals surface area contributed by atoms with Gasteiger partial charge in [-0.1, -0.05) is 11.6 Å². The molecule has 3 heterocycles. The molecule has 3 rings (SSSR count). The maximum atomic E-state index is 12.7. The molecule has 2 aromatic rings. The van der Waals surface area contributed by atoms with Crippen LogP contribution in [0.1, 0.15) is 33.7 Å². The summed E-state index contributed by atoms with van der Waals surface area (Å²) in [6.45, 7) is 1.12. The van der Waals surface area contributed by atoms with Crippen LogP contribution < -0.4 is 5.32 Å². The molecule has 0 bridgehead atoms. The van der Waals surface area contributed by atoms with Gasteiger partial charge in [0.2, 0.25) is 0 Å². The summed E-state index contributed by atoms with van der Waals surface area (Å²) < 4.78 is 3.31. The van der Waals surface area contributed by atoms with E-state index in [1.807, 2.05) is 4.90 Å². The Morgan fingerprint density at radius 3 is 2.79 bits per heavy atom. The van der Waals surface area contributed by atoms with Gasteiger partial charge in [-0.05, 0) is 18.9 Å². The number of aromatic nitrogens is 3. The molecule has 1 fully saturated rings. The summed E-state index contributed by atoms with van der Waals surface area (Å²) >= 11 is 5.97. The summed E-state index contributed by atoms with van der Waals surface area (Å²) in [5, 5.41) is 7.42. The maximum Gasteiger partial charge on any atom is 0.270 e. The van der Waals surface area contributed by atoms with E-state index in [9.17, 15) is 9.59 Å². The highest BCUT2D eigenvalue weighted by Gasteiger charge is 2.31. The van der Waals surface area contributed by atoms with Crippen LogP contribution >= 0.6 is 11.6 Å². The molecule has 2 aromatic heterocycles. The number of halogens is 1. The predicted octanol–water partition coefficient (Wildman–Crippen LogP) is 1.45. The Morgan fingerprint density at radius 1 is 1.38 bits per heavy atom. The maximum absolute atomic E-state index is 12.7. The molecule has 1 atom stereocenters. The number of carbonyl (C=O) groups is 2. The van der Waals surface area contributed by atoms with Crippen molar-refractivity contribution in [1.29, 1.82) is 0 Å². The third-order valence-corrected chi connectivity index (χ3v) is 4.50. The van der Waals surface area contributed by atoms with E-state index in [2.05, 4.69) is 10.4 Å². The molecule has 0 aromatic carbocycles. The fourth-order valence-corrected chi connectivity index (χ4v) is 3.30. The molecule has 2 amide bonds. The molecule has 24 heavy (non-hydrogen) atoms. The zero-order valence-corrected chi connectivity index (χ0v) is 14.5. The van der Waals surface area contributed by atoms with Crippen molar-refractivity contribution >= 4 is 23.4 Å². The summed E-state index contributed by atoms with van der Waals surface area (Å²) in [7, 11) is 3.56. The lowest BCUT2D eigenvalue weighted by Gasteiger charge is -2.25. The molecule has 0 radical (unpaired) electrons. The first-order valence-electron chi connectivity index (χ1n) is 7.85. The summed E-state index contributed by atoms with van der Waals surface area (Å²) in [4.78, 5) is 26.7. The van der Waals surface area contributed by atoms with Crippen molar-refractivity contribution in [2.45, 2.75) is 18.9 Å². The first kappa shape index (κ1) is 16.6. The van der Waals surface area contributed by atoms with E-state index < -0.39 is 0 Å². The van der Waals surface area contributed by atoms with Gasteiger partial charge in [-0.25, -0.2) is 0 Å². The Morgan fingerprint density at radius 2 is 2.17 bits per heavy atom. The molecule has 128 valence electrons. The van der Waals surface area contributed by atoms with Crippen LogP contribution in [0.25, 0.3) is 0 Å². The van der Waals surface area contributed by atoms with Crippen LogP contribution in [-0.2, 0) is 14.1 Å². The van der Waals surface area contributed by atoms with E-state index in [4.69, 9.17) is 11.6 Å². The lowest BCUT2D eigenvalue weighted by molar-refractivity contribution is 0.0716. The first-order chi connectivity index (χ1) is 11.5. The summed E-state index contributed by atoms with van der Waals surface area (Å²) in [5.74, 6) is -0.230. The van der Waals surface area contributed by atoms with Crippen molar-refractivity contribution in [1.82, 2.24) is 24.6 Å². The van der Waals surface area contributed by atoms with E-state index in [1.165, 1.54) is 6.20 Å². The van der Waals surface area contributed by atoms with Gasteiger partial charge in [0.1, 0.15) is 5.69 Å². The van der Waals surface area contributed by atoms with E-state index >= 15 is 0 Å². The van der Waals surface area contributed by atoms with Crippen LogP contribution in [-0.4, -0.2) is 50.2 Å². The van der Waals surface area contributed by atoms with Crippen molar-refractivity contribution in [3.8, 4) is 0 Å². The zero-order valence-electron chi connectivity index (χ0n) is 13.7. The Hall–Kier alpha value is -2.28. The van der Waals surface area contributed by atoms with Crippen LogP contribution in [0, 0.1) is 0 Å². The van der Waals surface area contributed by atoms with Gasteiger partial charge in [0.05, 0.1) is 16.8 Å². The standard InChI is InChI=1S/C16H20ClN5O2/c1-20-10-12(17)6-14(20)16(24)22-5-3-4-13(22)8-18-15(23)11-7-19-21(2)9-11/h6-7,9-10,13H,3-5,8H2,1-2H3,(H,18,23). The number of hydrogen-bond donors (Lipinski definition) is 1. The summed E-state index contributed by atoms with van der Waals surface area (Å²) in [6, 6.07) is 1.67. The zero-order chi connectivity index (χ0) is 17.3. The highest BCUT2D eigenvalue weighted by Crippen LogP contribution is 2.22. The number of nitrogens with zero attached hydrogens (tertiary/aromatic N) is 4. The van der Waals surface area contributed by atoms with E-state index in [1.54, 1.807) is 41.8 Å². The topological polar surface area (TPSA) is 72.2 Å². The smallest absolute Gasteiger partial charge is 0.270 e. The van der Waals surface area contributed by atoms with Crippen LogP contribution in [0.4, 0.5) is 0 Å². The van der Waals surface area contributed by atoms with Crippen LogP contribution in [0.5, 0.6) is 0 Å². The summed E-state index contributed by atoms with van der Waals surface area (Å²) in [5.41, 5.74) is 1.08. The van der Waals surface area contributed by atoms with Gasteiger partial charge in [0, 0.05) is 45.6 Å². The van der Waals surface area contributed by atoms with Crippen LogP contribution in [0.15, 0.2) is 24.7 Å². The van der Waals surface area contributed by atoms with E-state index in [0.29, 0.717) is 29.4 Å². The van der Waals surface area contributed by atoms with Gasteiger partial charge in [-0.3, -0.25) is 14.3 Å². The highest BCUT2D eigenvalue weighted by molar-refractivity contribution is 6.31. The van der Waals surface area contributed by atoms with Gasteiger partial charge >= 0.3 is 0 Å². The number of hydrogen-bond acceptors (Lipinski definition) is 3. The number of nitrogens with one attached hydrogen (secondary N) is 1. The first-order valence-corrected chi connectivity index (χ1v) is 8.23. The Balaban J connectivity index is 1.64. The highest BCUT2D eigenvalue weighted by atomic mass is 35.5. The molecule has 1 saturated heterocycles. The second kappa shape index (κ2) is 6.68. The number of aryl methyl sites for hydroxylation is 2. The van der Waals surface area contributed by atoms with Crippen molar-refractivity contribution in [2.24, 2.45) is 14.1 Å². The number of amides is 2. The molecular weight excluding hydrogens is 330 g/mol. The van der Waals surface area contributed by atoms with Gasteiger partial charge in [0.25, 0.3) is 11.8 Å². The third-order valence-electron chi connectivity index (χ3n) is 4.29. The molecule has 0 spiro atoms. The number of likely N-dealkylation sites (tertiary alicyclic amines) is 1. The molecule has 0 saturated carbocycles. The molecule has 1 aliphatic heterocycles. The van der Waals surface area contributed by atoms with Crippen molar-refractivity contribution < 1.29 is 9.59 Å². The summed E-state index contributed by atoms with van der Waals surface area (Å²) in [6.07, 6.45) is 6.70. The molecule has 0 aliphatic carbocycles. The quantitative estimate of drug-likeness (QED) is 0.908. The molecule has 1 aliphatic rings. The van der Waals surface area contributed by atoms with Gasteiger partial charge in [-0.15, -0.1) is 0 Å². The van der Waals surface area contributed by atoms with Crippen molar-refractivity contribution in [3.05, 3.63) is 40.9 Å². The minimum atomic E-state index is -0.177. The fourth-order valence-electron chi connectivity index (χ4n) is 3.05. The molecule has 1 unspecified atom stereocenters. The second-order valence-electron chi connectivity index (χ2n) is 6.06. The molecule has 1 N–H and O–H groups in total. The molecule has 8 heteroatoms. The minimum Gasteiger partial charge on any atom is -0.350 e. The Kier molecular flexibility index (Phi) is 4.62. The van der Waals surface area contributed by atoms with Gasteiger partial charge < -0.3 is 14.8 Å². The number of rotatable bonds is 4. The van der Waals surface area contributed by atoms with Gasteiger partial charge in [-0.2, -0.15) is 5.10 Å². The Labute approximate surface area is 145 Å². The molecule has 7 nitrogen and oxygen atoms in total. The van der Waals surface area contributed by atoms with E-state index in [0.717, 1.165) is 12.8 Å². The Bertz CT molecular complexity index is 766. The van der Waals surface area contributed by atoms with Crippen molar-refractivity contribution in [2.75, 3.05) is 13.1 Å². The normalized spacial score (nSPS) is 17.3. The second-order valence-corrected chi connectivity index (χ2v) is 6.50.